The molecule has 0 saturated carbocycles. The van der Waals surface area contributed by atoms with E-state index < -0.39 is 0 Å². The second kappa shape index (κ2) is 5.06. The normalized spacial score (nSPS) is 10.7. The van der Waals surface area contributed by atoms with Gasteiger partial charge in [0.05, 0.1) is 16.1 Å². The molecule has 3 rings (SSSR count). The Morgan fingerprint density at radius 3 is 2.60 bits per heavy atom. The summed E-state index contributed by atoms with van der Waals surface area (Å²) < 4.78 is 1.78. The number of para-hydroxylation sites is 1. The molecule has 0 atom stereocenters. The quantitative estimate of drug-likeness (QED) is 0.680. The third-order valence-corrected chi connectivity index (χ3v) is 4.21. The van der Waals surface area contributed by atoms with Crippen molar-refractivity contribution >= 4 is 17.6 Å². The summed E-state index contributed by atoms with van der Waals surface area (Å²) in [4.78, 5) is 13.5. The first kappa shape index (κ1) is 12.8. The maximum Gasteiger partial charge on any atom is 0.153 e. The average Bonchev–Trinajstić information content (AvgIpc) is 3.05. The van der Waals surface area contributed by atoms with Crippen LogP contribution in [0.1, 0.15) is 20.8 Å². The standard InChI is InChI=1S/C16H14N2OS/c1-11-5-3-4-6-14(11)18-9-13(10-19)16(17-18)15-8-7-12(2)20-15/h3-10H,1-2H3. The molecule has 0 N–H and O–H groups in total. The number of nitrogens with zero attached hydrogens (tertiary/aromatic N) is 2. The van der Waals surface area contributed by atoms with Crippen LogP contribution < -0.4 is 0 Å². The summed E-state index contributed by atoms with van der Waals surface area (Å²) in [5.41, 5.74) is 3.49. The van der Waals surface area contributed by atoms with Crippen molar-refractivity contribution in [2.24, 2.45) is 0 Å². The molecule has 0 spiro atoms. The van der Waals surface area contributed by atoms with Crippen molar-refractivity contribution in [1.29, 1.82) is 0 Å². The zero-order valence-electron chi connectivity index (χ0n) is 11.3. The molecule has 0 aliphatic rings. The number of hydrogen-bond donors (Lipinski definition) is 0. The van der Waals surface area contributed by atoms with Gasteiger partial charge >= 0.3 is 0 Å². The van der Waals surface area contributed by atoms with E-state index in [2.05, 4.69) is 5.10 Å². The van der Waals surface area contributed by atoms with Gasteiger partial charge in [-0.25, -0.2) is 4.68 Å². The van der Waals surface area contributed by atoms with Crippen LogP contribution in [0.15, 0.2) is 42.6 Å². The van der Waals surface area contributed by atoms with Crippen molar-refractivity contribution in [2.45, 2.75) is 13.8 Å². The molecule has 0 aliphatic carbocycles. The molecule has 100 valence electrons. The third-order valence-electron chi connectivity index (χ3n) is 3.21. The lowest BCUT2D eigenvalue weighted by Gasteiger charge is -2.04. The van der Waals surface area contributed by atoms with Crippen LogP contribution >= 0.6 is 11.3 Å². The number of aromatic nitrogens is 2. The van der Waals surface area contributed by atoms with Gasteiger partial charge in [0.25, 0.3) is 0 Å². The highest BCUT2D eigenvalue weighted by molar-refractivity contribution is 7.15. The summed E-state index contributed by atoms with van der Waals surface area (Å²) in [5, 5.41) is 4.59. The number of benzene rings is 1. The van der Waals surface area contributed by atoms with Crippen LogP contribution in [0, 0.1) is 13.8 Å². The second-order valence-electron chi connectivity index (χ2n) is 4.69. The molecule has 3 aromatic rings. The predicted molar refractivity (Wildman–Crippen MR) is 81.7 cm³/mol. The fourth-order valence-electron chi connectivity index (χ4n) is 2.17. The Morgan fingerprint density at radius 2 is 1.95 bits per heavy atom. The molecule has 0 unspecified atom stereocenters. The van der Waals surface area contributed by atoms with Crippen molar-refractivity contribution < 1.29 is 4.79 Å². The molecule has 0 radical (unpaired) electrons. The van der Waals surface area contributed by atoms with E-state index in [0.29, 0.717) is 5.56 Å². The Balaban J connectivity index is 2.14. The minimum atomic E-state index is 0.620. The molecule has 0 amide bonds. The highest BCUT2D eigenvalue weighted by atomic mass is 32.1. The van der Waals surface area contributed by atoms with Crippen LogP contribution in [0.4, 0.5) is 0 Å². The van der Waals surface area contributed by atoms with E-state index in [1.54, 1.807) is 22.2 Å². The van der Waals surface area contributed by atoms with Gasteiger partial charge in [0.2, 0.25) is 0 Å². The summed E-state index contributed by atoms with van der Waals surface area (Å²) in [6.45, 7) is 4.08. The van der Waals surface area contributed by atoms with Gasteiger partial charge < -0.3 is 0 Å². The molecule has 3 nitrogen and oxygen atoms in total. The van der Waals surface area contributed by atoms with Gasteiger partial charge in [0.1, 0.15) is 5.69 Å². The van der Waals surface area contributed by atoms with Crippen LogP contribution in [0.25, 0.3) is 16.3 Å². The number of thiophene rings is 1. The lowest BCUT2D eigenvalue weighted by atomic mass is 10.2. The molecular weight excluding hydrogens is 268 g/mol. The molecule has 0 fully saturated rings. The predicted octanol–water partition coefficient (Wildman–Crippen LogP) is 4.03. The summed E-state index contributed by atoms with van der Waals surface area (Å²) >= 11 is 1.65. The number of hydrogen-bond acceptors (Lipinski definition) is 3. The first-order chi connectivity index (χ1) is 9.69. The summed E-state index contributed by atoms with van der Waals surface area (Å²) in [6.07, 6.45) is 2.66. The molecule has 0 aliphatic heterocycles. The summed E-state index contributed by atoms with van der Waals surface area (Å²) in [7, 11) is 0. The summed E-state index contributed by atoms with van der Waals surface area (Å²) in [5.74, 6) is 0. The maximum absolute atomic E-state index is 11.3. The largest absolute Gasteiger partial charge is 0.298 e. The van der Waals surface area contributed by atoms with Crippen molar-refractivity contribution in [3.8, 4) is 16.3 Å². The van der Waals surface area contributed by atoms with Gasteiger partial charge in [-0.15, -0.1) is 11.3 Å². The van der Waals surface area contributed by atoms with E-state index in [9.17, 15) is 4.79 Å². The van der Waals surface area contributed by atoms with E-state index in [0.717, 1.165) is 28.1 Å². The topological polar surface area (TPSA) is 34.9 Å². The second-order valence-corrected chi connectivity index (χ2v) is 5.98. The van der Waals surface area contributed by atoms with Gasteiger partial charge in [-0.1, -0.05) is 18.2 Å². The number of aldehydes is 1. The first-order valence-corrected chi connectivity index (χ1v) is 7.18. The Bertz CT molecular complexity index is 770. The summed E-state index contributed by atoms with van der Waals surface area (Å²) in [6, 6.07) is 12.1. The zero-order chi connectivity index (χ0) is 14.1. The molecule has 1 aromatic carbocycles. The van der Waals surface area contributed by atoms with E-state index in [4.69, 9.17) is 0 Å². The van der Waals surface area contributed by atoms with Crippen LogP contribution in [0.5, 0.6) is 0 Å². The van der Waals surface area contributed by atoms with Crippen molar-refractivity contribution in [3.63, 3.8) is 0 Å². The first-order valence-electron chi connectivity index (χ1n) is 6.36. The monoisotopic (exact) mass is 282 g/mol. The van der Waals surface area contributed by atoms with Crippen molar-refractivity contribution in [1.82, 2.24) is 9.78 Å². The molecule has 2 heterocycles. The Hall–Kier alpha value is -2.20. The molecule has 0 saturated heterocycles. The van der Waals surface area contributed by atoms with Gasteiger partial charge in [-0.05, 0) is 37.6 Å². The number of carbonyl (C=O) groups is 1. The lowest BCUT2D eigenvalue weighted by Crippen LogP contribution is -1.97. The van der Waals surface area contributed by atoms with Crippen LogP contribution in [0.2, 0.25) is 0 Å². The fraction of sp³-hybridized carbons (Fsp3) is 0.125. The zero-order valence-corrected chi connectivity index (χ0v) is 12.1. The number of aryl methyl sites for hydroxylation is 2. The van der Waals surface area contributed by atoms with Crippen molar-refractivity contribution in [2.75, 3.05) is 0 Å². The Labute approximate surface area is 121 Å². The lowest BCUT2D eigenvalue weighted by molar-refractivity contribution is 0.112. The highest BCUT2D eigenvalue weighted by Crippen LogP contribution is 2.29. The van der Waals surface area contributed by atoms with Crippen LogP contribution in [-0.4, -0.2) is 16.1 Å². The molecular formula is C16H14N2OS. The van der Waals surface area contributed by atoms with Gasteiger partial charge in [0, 0.05) is 11.1 Å². The fourth-order valence-corrected chi connectivity index (χ4v) is 3.05. The minimum absolute atomic E-state index is 0.620. The van der Waals surface area contributed by atoms with Crippen LogP contribution in [-0.2, 0) is 0 Å². The maximum atomic E-state index is 11.3. The van der Waals surface area contributed by atoms with Gasteiger partial charge in [-0.3, -0.25) is 4.79 Å². The molecule has 4 heteroatoms. The number of carbonyl (C=O) groups excluding carboxylic acids is 1. The van der Waals surface area contributed by atoms with E-state index in [1.807, 2.05) is 50.2 Å². The Morgan fingerprint density at radius 1 is 1.15 bits per heavy atom. The van der Waals surface area contributed by atoms with E-state index in [1.165, 1.54) is 4.88 Å². The van der Waals surface area contributed by atoms with Gasteiger partial charge in [0.15, 0.2) is 6.29 Å². The molecule has 2 aromatic heterocycles. The molecule has 0 bridgehead atoms. The van der Waals surface area contributed by atoms with Gasteiger partial charge in [-0.2, -0.15) is 5.10 Å². The Kier molecular flexibility index (Phi) is 3.24. The minimum Gasteiger partial charge on any atom is -0.298 e. The van der Waals surface area contributed by atoms with E-state index in [-0.39, 0.29) is 0 Å². The molecule has 20 heavy (non-hydrogen) atoms. The van der Waals surface area contributed by atoms with E-state index >= 15 is 0 Å². The number of rotatable bonds is 3. The SMILES string of the molecule is Cc1ccc(-c2nn(-c3ccccc3C)cc2C=O)s1. The highest BCUT2D eigenvalue weighted by Gasteiger charge is 2.13. The smallest absolute Gasteiger partial charge is 0.153 e. The van der Waals surface area contributed by atoms with Crippen LogP contribution in [0.3, 0.4) is 0 Å². The average molecular weight is 282 g/mol. The third kappa shape index (κ3) is 2.18. The van der Waals surface area contributed by atoms with Crippen molar-refractivity contribution in [3.05, 3.63) is 58.6 Å².